The molecule has 3 heteroatoms. The van der Waals surface area contributed by atoms with Crippen molar-refractivity contribution in [2.45, 2.75) is 31.4 Å². The third-order valence-corrected chi connectivity index (χ3v) is 5.66. The maximum absolute atomic E-state index is 5.60. The first-order chi connectivity index (χ1) is 14.2. The van der Waals surface area contributed by atoms with Crippen molar-refractivity contribution in [3.63, 3.8) is 0 Å². The third-order valence-electron chi connectivity index (χ3n) is 4.60. The van der Waals surface area contributed by atoms with Gasteiger partial charge in [0, 0.05) is 27.8 Å². The molecule has 4 aromatic rings. The molecule has 0 saturated carbocycles. The molecular formula is C26H27NOS. The fourth-order valence-corrected chi connectivity index (χ4v) is 4.10. The van der Waals surface area contributed by atoms with Crippen molar-refractivity contribution in [3.05, 3.63) is 90.1 Å². The van der Waals surface area contributed by atoms with Gasteiger partial charge in [-0.2, -0.15) is 0 Å². The Bertz CT molecular complexity index is 1080. The van der Waals surface area contributed by atoms with E-state index in [9.17, 15) is 0 Å². The molecule has 2 nitrogen and oxygen atoms in total. The number of nitrogens with zero attached hydrogens (tertiary/aromatic N) is 1. The monoisotopic (exact) mass is 401 g/mol. The lowest BCUT2D eigenvalue weighted by atomic mass is 10.0. The summed E-state index contributed by atoms with van der Waals surface area (Å²) >= 11 is 1.85. The highest BCUT2D eigenvalue weighted by Crippen LogP contribution is 2.35. The summed E-state index contributed by atoms with van der Waals surface area (Å²) in [6.07, 6.45) is 1.88. The van der Waals surface area contributed by atoms with Crippen LogP contribution in [0.3, 0.4) is 0 Å². The Hall–Kier alpha value is -2.78. The van der Waals surface area contributed by atoms with Gasteiger partial charge in [0.25, 0.3) is 0 Å². The second kappa shape index (κ2) is 10.1. The van der Waals surface area contributed by atoms with Crippen LogP contribution in [0, 0.1) is 6.92 Å². The fraction of sp³-hybridized carbons (Fsp3) is 0.192. The molecule has 0 unspecified atom stereocenters. The molecule has 0 N–H and O–H groups in total. The van der Waals surface area contributed by atoms with Crippen LogP contribution in [0.4, 0.5) is 0 Å². The molecule has 0 fully saturated rings. The summed E-state index contributed by atoms with van der Waals surface area (Å²) < 4.78 is 5.60. The highest BCUT2D eigenvalue weighted by molar-refractivity contribution is 7.98. The number of pyridine rings is 1. The van der Waals surface area contributed by atoms with Crippen LogP contribution in [0.1, 0.15) is 25.0 Å². The van der Waals surface area contributed by atoms with Gasteiger partial charge in [0.05, 0.1) is 12.8 Å². The number of ether oxygens (including phenoxy) is 1. The molecule has 0 radical (unpaired) electrons. The van der Waals surface area contributed by atoms with Gasteiger partial charge < -0.3 is 4.74 Å². The fourth-order valence-electron chi connectivity index (χ4n) is 3.20. The van der Waals surface area contributed by atoms with Crippen molar-refractivity contribution >= 4 is 22.5 Å². The molecular weight excluding hydrogens is 374 g/mol. The van der Waals surface area contributed by atoms with Crippen molar-refractivity contribution in [2.75, 3.05) is 7.11 Å². The standard InChI is InChI=1S/C24H21NOS.C2H6/c1-17-8-10-22(23(14-17)26-2)24-21-11-9-20(15-19(21)12-13-25-24)27-16-18-6-4-3-5-7-18;1-2/h3-15H,16H2,1-2H3;1-2H3. The number of benzene rings is 3. The van der Waals surface area contributed by atoms with E-state index in [4.69, 9.17) is 4.74 Å². The molecule has 0 aliphatic rings. The van der Waals surface area contributed by atoms with Crippen LogP contribution in [0.25, 0.3) is 22.0 Å². The Morgan fingerprint density at radius 2 is 1.69 bits per heavy atom. The van der Waals surface area contributed by atoms with Crippen LogP contribution in [0.5, 0.6) is 5.75 Å². The molecule has 0 spiro atoms. The number of aromatic nitrogens is 1. The van der Waals surface area contributed by atoms with E-state index in [1.165, 1.54) is 21.4 Å². The third kappa shape index (κ3) is 4.99. The number of hydrogen-bond donors (Lipinski definition) is 0. The van der Waals surface area contributed by atoms with Crippen LogP contribution in [-0.2, 0) is 5.75 Å². The number of aryl methyl sites for hydroxylation is 1. The summed E-state index contributed by atoms with van der Waals surface area (Å²) in [6, 6.07) is 25.5. The Morgan fingerprint density at radius 3 is 2.45 bits per heavy atom. The van der Waals surface area contributed by atoms with Gasteiger partial charge in [-0.1, -0.05) is 56.3 Å². The summed E-state index contributed by atoms with van der Waals surface area (Å²) in [5.41, 5.74) is 4.50. The number of rotatable bonds is 5. The minimum Gasteiger partial charge on any atom is -0.496 e. The molecule has 0 atom stereocenters. The van der Waals surface area contributed by atoms with E-state index in [-0.39, 0.29) is 0 Å². The molecule has 0 bridgehead atoms. The Morgan fingerprint density at radius 1 is 0.897 bits per heavy atom. The number of fused-ring (bicyclic) bond motifs is 1. The lowest BCUT2D eigenvalue weighted by molar-refractivity contribution is 0.416. The van der Waals surface area contributed by atoms with Gasteiger partial charge in [-0.25, -0.2) is 0 Å². The summed E-state index contributed by atoms with van der Waals surface area (Å²) in [4.78, 5) is 5.92. The van der Waals surface area contributed by atoms with Gasteiger partial charge in [-0.05, 0) is 53.8 Å². The summed E-state index contributed by atoms with van der Waals surface area (Å²) in [5, 5.41) is 2.34. The first-order valence-electron chi connectivity index (χ1n) is 9.95. The molecule has 4 rings (SSSR count). The van der Waals surface area contributed by atoms with Gasteiger partial charge in [0.2, 0.25) is 0 Å². The molecule has 0 saturated heterocycles. The topological polar surface area (TPSA) is 22.1 Å². The molecule has 1 aromatic heterocycles. The van der Waals surface area contributed by atoms with Crippen LogP contribution in [0.2, 0.25) is 0 Å². The zero-order valence-electron chi connectivity index (χ0n) is 17.5. The zero-order valence-corrected chi connectivity index (χ0v) is 18.3. The first-order valence-corrected chi connectivity index (χ1v) is 10.9. The van der Waals surface area contributed by atoms with Crippen molar-refractivity contribution in [2.24, 2.45) is 0 Å². The summed E-state index contributed by atoms with van der Waals surface area (Å²) in [6.45, 7) is 6.07. The predicted molar refractivity (Wildman–Crippen MR) is 126 cm³/mol. The van der Waals surface area contributed by atoms with E-state index in [0.29, 0.717) is 0 Å². The quantitative estimate of drug-likeness (QED) is 0.323. The van der Waals surface area contributed by atoms with Crippen molar-refractivity contribution in [1.29, 1.82) is 0 Å². The second-order valence-corrected chi connectivity index (χ2v) is 7.57. The van der Waals surface area contributed by atoms with E-state index in [2.05, 4.69) is 84.7 Å². The molecule has 148 valence electrons. The van der Waals surface area contributed by atoms with Gasteiger partial charge >= 0.3 is 0 Å². The predicted octanol–water partition coefficient (Wildman–Crippen LogP) is 7.54. The molecule has 3 aromatic carbocycles. The molecule has 0 amide bonds. The molecule has 1 heterocycles. The van der Waals surface area contributed by atoms with Crippen molar-refractivity contribution in [3.8, 4) is 17.0 Å². The van der Waals surface area contributed by atoms with Gasteiger partial charge in [0.15, 0.2) is 0 Å². The highest BCUT2D eigenvalue weighted by atomic mass is 32.2. The molecule has 0 aliphatic carbocycles. The molecule has 0 aliphatic heterocycles. The van der Waals surface area contributed by atoms with E-state index in [1.807, 2.05) is 31.8 Å². The number of hydrogen-bond acceptors (Lipinski definition) is 3. The number of thioether (sulfide) groups is 1. The van der Waals surface area contributed by atoms with Gasteiger partial charge in [-0.3, -0.25) is 4.98 Å². The van der Waals surface area contributed by atoms with E-state index >= 15 is 0 Å². The van der Waals surface area contributed by atoms with Gasteiger partial charge in [-0.15, -0.1) is 11.8 Å². The van der Waals surface area contributed by atoms with Gasteiger partial charge in [0.1, 0.15) is 5.75 Å². The SMILES string of the molecule is CC.COc1cc(C)ccc1-c1nccc2cc(SCc3ccccc3)ccc12. The Balaban J connectivity index is 0.00000117. The van der Waals surface area contributed by atoms with Crippen molar-refractivity contribution in [1.82, 2.24) is 4.98 Å². The van der Waals surface area contributed by atoms with E-state index in [0.717, 1.165) is 28.1 Å². The summed E-state index contributed by atoms with van der Waals surface area (Å²) in [5.74, 6) is 1.83. The highest BCUT2D eigenvalue weighted by Gasteiger charge is 2.11. The van der Waals surface area contributed by atoms with Crippen molar-refractivity contribution < 1.29 is 4.74 Å². The normalized spacial score (nSPS) is 10.3. The van der Waals surface area contributed by atoms with Crippen LogP contribution in [0.15, 0.2) is 83.9 Å². The lowest BCUT2D eigenvalue weighted by Gasteiger charge is -2.12. The Labute approximate surface area is 178 Å². The number of methoxy groups -OCH3 is 1. The minimum atomic E-state index is 0.859. The lowest BCUT2D eigenvalue weighted by Crippen LogP contribution is -1.92. The van der Waals surface area contributed by atoms with Crippen LogP contribution < -0.4 is 4.74 Å². The zero-order chi connectivity index (χ0) is 20.6. The average molecular weight is 402 g/mol. The van der Waals surface area contributed by atoms with E-state index < -0.39 is 0 Å². The first kappa shape index (κ1) is 20.9. The average Bonchev–Trinajstić information content (AvgIpc) is 2.79. The maximum atomic E-state index is 5.60. The second-order valence-electron chi connectivity index (χ2n) is 6.52. The maximum Gasteiger partial charge on any atom is 0.128 e. The molecule has 29 heavy (non-hydrogen) atoms. The Kier molecular flexibility index (Phi) is 7.31. The van der Waals surface area contributed by atoms with E-state index in [1.54, 1.807) is 7.11 Å². The summed E-state index contributed by atoms with van der Waals surface area (Å²) in [7, 11) is 1.71. The largest absolute Gasteiger partial charge is 0.496 e. The smallest absolute Gasteiger partial charge is 0.128 e. The van der Waals surface area contributed by atoms with Crippen LogP contribution in [-0.4, -0.2) is 12.1 Å². The minimum absolute atomic E-state index is 0.859. The van der Waals surface area contributed by atoms with Crippen LogP contribution >= 0.6 is 11.8 Å².